The van der Waals surface area contributed by atoms with E-state index >= 15 is 0 Å². The molecule has 0 aliphatic heterocycles. The molecule has 0 amide bonds. The SMILES string of the molecule is [CH3-].[Y].[c-]1nn[nH]n1. The number of rotatable bonds is 0. The van der Waals surface area contributed by atoms with Gasteiger partial charge in [-0.05, 0) is 0 Å². The minimum absolute atomic E-state index is 0. The predicted octanol–water partition coefficient (Wildman–Crippen LogP) is -0.552. The molecule has 0 bridgehead atoms. The Balaban J connectivity index is 0. The number of hydrogen-bond donors (Lipinski definition) is 1. The van der Waals surface area contributed by atoms with Gasteiger partial charge in [0.05, 0.1) is 0 Å². The summed E-state index contributed by atoms with van der Waals surface area (Å²) in [5.41, 5.74) is 0. The molecule has 0 saturated carbocycles. The molecule has 1 aromatic rings. The van der Waals surface area contributed by atoms with Crippen LogP contribution in [-0.2, 0) is 32.7 Å². The first-order valence-corrected chi connectivity index (χ1v) is 1.09. The Kier molecular flexibility index (Phi) is 9.01. The molecule has 1 rings (SSSR count). The van der Waals surface area contributed by atoms with E-state index in [0.29, 0.717) is 0 Å². The van der Waals surface area contributed by atoms with E-state index < -0.39 is 0 Å². The smallest absolute Gasteiger partial charge is 0 e. The monoisotopic (exact) mass is 173 g/mol. The number of nitrogens with zero attached hydrogens (tertiary/aromatic N) is 3. The summed E-state index contributed by atoms with van der Waals surface area (Å²) in [7, 11) is 0. The van der Waals surface area contributed by atoms with Crippen molar-refractivity contribution >= 4 is 0 Å². The zero-order chi connectivity index (χ0) is 3.54. The van der Waals surface area contributed by atoms with Crippen LogP contribution in [-0.4, -0.2) is 20.6 Å². The van der Waals surface area contributed by atoms with Crippen molar-refractivity contribution in [3.8, 4) is 0 Å². The molecule has 0 fully saturated rings. The Labute approximate surface area is 67.0 Å². The molecular weight excluding hydrogens is 169 g/mol. The molecule has 1 heterocycles. The molecule has 37 valence electrons. The summed E-state index contributed by atoms with van der Waals surface area (Å²) in [6.45, 7) is 0. The van der Waals surface area contributed by atoms with Gasteiger partial charge in [0.2, 0.25) is 0 Å². The Hall–Kier alpha value is 0.174. The van der Waals surface area contributed by atoms with Crippen LogP contribution in [0.15, 0.2) is 0 Å². The maximum atomic E-state index is 3.25. The van der Waals surface area contributed by atoms with Crippen LogP contribution in [0, 0.1) is 13.8 Å². The van der Waals surface area contributed by atoms with Crippen LogP contribution in [0.2, 0.25) is 0 Å². The first-order valence-electron chi connectivity index (χ1n) is 1.09. The molecule has 0 aromatic carbocycles. The van der Waals surface area contributed by atoms with E-state index in [0.717, 1.165) is 0 Å². The zero-order valence-corrected chi connectivity index (χ0v) is 6.76. The topological polar surface area (TPSA) is 54.5 Å². The van der Waals surface area contributed by atoms with Crippen LogP contribution >= 0.6 is 0 Å². The number of tetrazole rings is 1. The first-order chi connectivity index (χ1) is 2.50. The van der Waals surface area contributed by atoms with Gasteiger partial charge in [-0.2, -0.15) is 0 Å². The zero-order valence-electron chi connectivity index (χ0n) is 3.92. The second-order valence-electron chi connectivity index (χ2n) is 0.512. The second kappa shape index (κ2) is 6.17. The summed E-state index contributed by atoms with van der Waals surface area (Å²) in [5.74, 6) is 0. The molecule has 0 saturated heterocycles. The molecule has 0 aliphatic carbocycles. The summed E-state index contributed by atoms with van der Waals surface area (Å²) in [5, 5.41) is 11.8. The third-order valence-electron chi connectivity index (χ3n) is 0.239. The van der Waals surface area contributed by atoms with Gasteiger partial charge in [-0.1, -0.05) is 5.21 Å². The van der Waals surface area contributed by atoms with Crippen LogP contribution in [0.25, 0.3) is 0 Å². The quantitative estimate of drug-likeness (QED) is 0.535. The van der Waals surface area contributed by atoms with E-state index in [-0.39, 0.29) is 40.1 Å². The Morgan fingerprint density at radius 1 is 1.43 bits per heavy atom. The van der Waals surface area contributed by atoms with Crippen molar-refractivity contribution in [2.24, 2.45) is 0 Å². The molecular formula is C2H4N4Y-2. The van der Waals surface area contributed by atoms with Gasteiger partial charge >= 0.3 is 0 Å². The summed E-state index contributed by atoms with van der Waals surface area (Å²) in [4.78, 5) is 0. The fourth-order valence-corrected chi connectivity index (χ4v) is 0.112. The van der Waals surface area contributed by atoms with Gasteiger partial charge in [0.1, 0.15) is 0 Å². The fourth-order valence-electron chi connectivity index (χ4n) is 0.112. The van der Waals surface area contributed by atoms with Crippen molar-refractivity contribution in [1.82, 2.24) is 20.6 Å². The summed E-state index contributed by atoms with van der Waals surface area (Å²) >= 11 is 0. The van der Waals surface area contributed by atoms with Crippen molar-refractivity contribution in [2.75, 3.05) is 0 Å². The second-order valence-corrected chi connectivity index (χ2v) is 0.512. The number of nitrogens with one attached hydrogen (secondary N) is 1. The van der Waals surface area contributed by atoms with Crippen molar-refractivity contribution < 1.29 is 32.7 Å². The molecule has 0 unspecified atom stereocenters. The first kappa shape index (κ1) is 10.2. The van der Waals surface area contributed by atoms with Gasteiger partial charge in [0, 0.05) is 32.7 Å². The normalized spacial score (nSPS) is 5.71. The Bertz CT molecular complexity index is 66.2. The number of H-pyrrole nitrogens is 1. The Morgan fingerprint density at radius 3 is 2.29 bits per heavy atom. The Morgan fingerprint density at radius 2 is 2.14 bits per heavy atom. The van der Waals surface area contributed by atoms with E-state index in [4.69, 9.17) is 0 Å². The van der Waals surface area contributed by atoms with Gasteiger partial charge < -0.3 is 17.6 Å². The molecule has 0 aliphatic rings. The molecule has 7 heavy (non-hydrogen) atoms. The maximum absolute atomic E-state index is 3.25. The maximum Gasteiger partial charge on any atom is 0 e. The number of aromatic nitrogens is 4. The molecule has 1 radical (unpaired) electrons. The van der Waals surface area contributed by atoms with Gasteiger partial charge in [0.25, 0.3) is 0 Å². The predicted molar refractivity (Wildman–Crippen MR) is 19.4 cm³/mol. The van der Waals surface area contributed by atoms with Crippen molar-refractivity contribution in [3.63, 3.8) is 0 Å². The van der Waals surface area contributed by atoms with Crippen LogP contribution in [0.4, 0.5) is 0 Å². The fraction of sp³-hybridized carbons (Fsp3) is 0. The van der Waals surface area contributed by atoms with E-state index in [9.17, 15) is 0 Å². The van der Waals surface area contributed by atoms with Gasteiger partial charge in [-0.25, -0.2) is 11.5 Å². The molecule has 0 atom stereocenters. The average Bonchev–Trinajstić information content (AvgIpc) is 1.76. The summed E-state index contributed by atoms with van der Waals surface area (Å²) < 4.78 is 0. The van der Waals surface area contributed by atoms with Crippen molar-refractivity contribution in [1.29, 1.82) is 0 Å². The van der Waals surface area contributed by atoms with Gasteiger partial charge in [-0.15, -0.1) is 0 Å². The third-order valence-corrected chi connectivity index (χ3v) is 0.239. The number of aromatic amines is 1. The van der Waals surface area contributed by atoms with Gasteiger partial charge in [-0.3, -0.25) is 0 Å². The van der Waals surface area contributed by atoms with E-state index in [1.165, 1.54) is 0 Å². The summed E-state index contributed by atoms with van der Waals surface area (Å²) in [6.07, 6.45) is 2.19. The van der Waals surface area contributed by atoms with Crippen molar-refractivity contribution in [2.45, 2.75) is 0 Å². The van der Waals surface area contributed by atoms with Gasteiger partial charge in [0.15, 0.2) is 0 Å². The minimum atomic E-state index is 0. The molecule has 1 aromatic heterocycles. The van der Waals surface area contributed by atoms with Crippen LogP contribution in [0.1, 0.15) is 0 Å². The van der Waals surface area contributed by atoms with Crippen LogP contribution in [0.5, 0.6) is 0 Å². The molecule has 1 N–H and O–H groups in total. The standard InChI is InChI=1S/CHN4.CH3.Y/c1-2-4-5-3-1;;/h(H,2,3,4,5);1H3;/q2*-1;. The third kappa shape index (κ3) is 4.02. The molecule has 0 spiro atoms. The number of hydrogen-bond acceptors (Lipinski definition) is 3. The molecule has 5 heteroatoms. The largest absolute Gasteiger partial charge is 0.358 e. The van der Waals surface area contributed by atoms with Crippen molar-refractivity contribution in [3.05, 3.63) is 13.8 Å². The minimum Gasteiger partial charge on any atom is -0.358 e. The molecule has 4 nitrogen and oxygen atoms in total. The summed E-state index contributed by atoms with van der Waals surface area (Å²) in [6, 6.07) is 0. The van der Waals surface area contributed by atoms with Crippen LogP contribution < -0.4 is 0 Å². The van der Waals surface area contributed by atoms with Crippen LogP contribution in [0.3, 0.4) is 0 Å². The van der Waals surface area contributed by atoms with E-state index in [1.807, 2.05) is 0 Å². The average molecular weight is 173 g/mol. The van der Waals surface area contributed by atoms with E-state index in [1.54, 1.807) is 0 Å². The van der Waals surface area contributed by atoms with E-state index in [2.05, 4.69) is 27.0 Å².